The Hall–Kier alpha value is -0.953. The van der Waals surface area contributed by atoms with Crippen molar-refractivity contribution in [2.24, 2.45) is 10.8 Å². The molecule has 0 unspecified atom stereocenters. The Balaban J connectivity index is 6.23. The lowest BCUT2D eigenvalue weighted by Crippen LogP contribution is -2.73. The molecule has 0 aliphatic heterocycles. The van der Waals surface area contributed by atoms with Crippen molar-refractivity contribution in [3.05, 3.63) is 0 Å². The monoisotopic (exact) mass is 501 g/mol. The van der Waals surface area contributed by atoms with Gasteiger partial charge in [0.2, 0.25) is 0 Å². The molecular weight excluding hydrogens is 487 g/mol. The number of nitrogens with one attached hydrogen (secondary N) is 1. The molecule has 0 saturated heterocycles. The van der Waals surface area contributed by atoms with Gasteiger partial charge in [0.25, 0.3) is 8.56 Å². The van der Waals surface area contributed by atoms with Gasteiger partial charge in [0.1, 0.15) is 0 Å². The third-order valence-electron chi connectivity index (χ3n) is 3.75. The summed E-state index contributed by atoms with van der Waals surface area (Å²) in [5, 5.41) is 10.4. The predicted molar refractivity (Wildman–Crippen MR) is 73.0 cm³/mol. The fourth-order valence-electron chi connectivity index (χ4n) is 1.94. The molecule has 0 aromatic carbocycles. The van der Waals surface area contributed by atoms with Gasteiger partial charge < -0.3 is 15.8 Å². The summed E-state index contributed by atoms with van der Waals surface area (Å²) in [5.41, 5.74) is 0. The molecule has 0 spiro atoms. The second kappa shape index (κ2) is 7.87. The lowest BCUT2D eigenvalue weighted by atomic mass is 9.90. The first-order valence-electron chi connectivity index (χ1n) is 7.43. The van der Waals surface area contributed by atoms with Crippen molar-refractivity contribution in [1.29, 1.82) is 0 Å². The molecule has 0 atom stereocenters. The van der Waals surface area contributed by atoms with Crippen molar-refractivity contribution < 1.29 is 65.9 Å². The molecule has 0 radical (unpaired) electrons. The molecule has 3 nitrogen and oxygen atoms in total. The van der Waals surface area contributed by atoms with Crippen molar-refractivity contribution >= 4 is 8.56 Å². The van der Waals surface area contributed by atoms with Gasteiger partial charge in [0.05, 0.1) is 0 Å². The van der Waals surface area contributed by atoms with E-state index in [1.54, 1.807) is 0 Å². The van der Waals surface area contributed by atoms with Crippen LogP contribution in [0.2, 0.25) is 6.04 Å². The highest BCUT2D eigenvalue weighted by Gasteiger charge is 2.93. The number of nitrogens with two attached hydrogens (primary N) is 2. The molecule has 19 heteroatoms. The minimum Gasteiger partial charge on any atom is -0.327 e. The molecule has 0 aromatic rings. The Morgan fingerprint density at radius 3 is 1.27 bits per heavy atom. The predicted octanol–water partition coefficient (Wildman–Crippen LogP) is 4.22. The van der Waals surface area contributed by atoms with E-state index >= 15 is 0 Å². The Labute approximate surface area is 159 Å². The molecule has 30 heavy (non-hydrogen) atoms. The van der Waals surface area contributed by atoms with Crippen molar-refractivity contribution in [2.45, 2.75) is 61.1 Å². The molecular formula is C11H14F15N3Si. The first kappa shape index (κ1) is 29.0. The van der Waals surface area contributed by atoms with E-state index in [1.807, 2.05) is 0 Å². The van der Waals surface area contributed by atoms with Crippen LogP contribution in [0.5, 0.6) is 0 Å². The number of rotatable bonds is 10. The highest BCUT2D eigenvalue weighted by atomic mass is 28.4. The summed E-state index contributed by atoms with van der Waals surface area (Å²) in [7, 11) is -4.00. The van der Waals surface area contributed by atoms with Crippen LogP contribution in [0.4, 0.5) is 65.9 Å². The standard InChI is InChI=1S/C11H14F15N3Si/c1-2-29-30(27,28)4-3-5(12,13)6(14,15)7(16,17)8(18,19)9(20,21)10(22,23)11(24,25)26/h29H,2-4,27-28H2,1H3. The summed E-state index contributed by atoms with van der Waals surface area (Å²) in [6, 6.07) is -1.43. The van der Waals surface area contributed by atoms with Crippen LogP contribution in [0.25, 0.3) is 0 Å². The maximum Gasteiger partial charge on any atom is 0.460 e. The minimum absolute atomic E-state index is 0.145. The SMILES string of the molecule is CCN[Si](N)(N)CCC(F)(F)C(F)(F)C(F)(F)C(F)(F)C(F)(F)C(F)(F)C(F)(F)F. The van der Waals surface area contributed by atoms with E-state index in [2.05, 4.69) is 4.98 Å². The fraction of sp³-hybridized carbons (Fsp3) is 1.00. The molecule has 0 aliphatic carbocycles. The quantitative estimate of drug-likeness (QED) is 0.311. The van der Waals surface area contributed by atoms with Gasteiger partial charge in [-0.25, -0.2) is 0 Å². The molecule has 0 amide bonds. The maximum absolute atomic E-state index is 13.6. The zero-order valence-electron chi connectivity index (χ0n) is 14.4. The molecule has 0 heterocycles. The molecule has 0 fully saturated rings. The Morgan fingerprint density at radius 1 is 0.600 bits per heavy atom. The highest BCUT2D eigenvalue weighted by Crippen LogP contribution is 2.62. The maximum atomic E-state index is 13.6. The van der Waals surface area contributed by atoms with Gasteiger partial charge in [-0.2, -0.15) is 65.9 Å². The van der Waals surface area contributed by atoms with E-state index < -0.39 is 62.7 Å². The number of hydrogen-bond acceptors (Lipinski definition) is 3. The molecule has 0 bridgehead atoms. The van der Waals surface area contributed by atoms with Gasteiger partial charge in [0.15, 0.2) is 0 Å². The van der Waals surface area contributed by atoms with Gasteiger partial charge in [-0.05, 0) is 12.6 Å². The molecule has 0 saturated carbocycles. The third kappa shape index (κ3) is 4.47. The summed E-state index contributed by atoms with van der Waals surface area (Å²) < 4.78 is 195. The van der Waals surface area contributed by atoms with Crippen molar-refractivity contribution in [1.82, 2.24) is 4.98 Å². The van der Waals surface area contributed by atoms with E-state index in [0.717, 1.165) is 0 Å². The molecule has 182 valence electrons. The lowest BCUT2D eigenvalue weighted by Gasteiger charge is -2.41. The normalized spacial score (nSPS) is 16.2. The second-order valence-corrected chi connectivity index (χ2v) is 9.08. The average Bonchev–Trinajstić information content (AvgIpc) is 2.51. The van der Waals surface area contributed by atoms with E-state index in [0.29, 0.717) is 0 Å². The van der Waals surface area contributed by atoms with Crippen LogP contribution >= 0.6 is 0 Å². The summed E-state index contributed by atoms with van der Waals surface area (Å²) in [4.78, 5) is 2.11. The second-order valence-electron chi connectivity index (χ2n) is 6.14. The topological polar surface area (TPSA) is 64.1 Å². The van der Waals surface area contributed by atoms with E-state index in [9.17, 15) is 65.9 Å². The molecule has 0 aromatic heterocycles. The van der Waals surface area contributed by atoms with Gasteiger partial charge in [-0.3, -0.25) is 0 Å². The Morgan fingerprint density at radius 2 is 0.933 bits per heavy atom. The van der Waals surface area contributed by atoms with Crippen LogP contribution in [-0.2, 0) is 0 Å². The molecule has 0 aliphatic rings. The highest BCUT2D eigenvalue weighted by molar-refractivity contribution is 6.71. The fourth-order valence-corrected chi connectivity index (χ4v) is 3.50. The Bertz CT molecular complexity index is 601. The smallest absolute Gasteiger partial charge is 0.327 e. The van der Waals surface area contributed by atoms with Crippen molar-refractivity contribution in [3.8, 4) is 0 Å². The molecule has 0 rings (SSSR count). The zero-order valence-corrected chi connectivity index (χ0v) is 15.4. The summed E-state index contributed by atoms with van der Waals surface area (Å²) >= 11 is 0. The minimum atomic E-state index is -8.28. The van der Waals surface area contributed by atoms with Crippen LogP contribution in [0.1, 0.15) is 13.3 Å². The van der Waals surface area contributed by atoms with Gasteiger partial charge >= 0.3 is 41.7 Å². The summed E-state index contributed by atoms with van der Waals surface area (Å²) in [6.45, 7) is 1.14. The van der Waals surface area contributed by atoms with Crippen molar-refractivity contribution in [3.63, 3.8) is 0 Å². The van der Waals surface area contributed by atoms with E-state index in [-0.39, 0.29) is 6.54 Å². The number of halogens is 15. The number of hydrogen-bond donors (Lipinski definition) is 3. The van der Waals surface area contributed by atoms with Crippen LogP contribution in [0.15, 0.2) is 0 Å². The van der Waals surface area contributed by atoms with Crippen LogP contribution in [-0.4, -0.2) is 56.8 Å². The average molecular weight is 501 g/mol. The van der Waals surface area contributed by atoms with E-state index in [4.69, 9.17) is 10.8 Å². The van der Waals surface area contributed by atoms with Crippen LogP contribution in [0.3, 0.4) is 0 Å². The first-order chi connectivity index (χ1) is 12.8. The first-order valence-corrected chi connectivity index (χ1v) is 9.79. The van der Waals surface area contributed by atoms with Crippen LogP contribution in [0, 0.1) is 0 Å². The third-order valence-corrected chi connectivity index (χ3v) is 5.84. The number of alkyl halides is 15. The van der Waals surface area contributed by atoms with Crippen LogP contribution < -0.4 is 15.8 Å². The molecule has 5 N–H and O–H groups in total. The lowest BCUT2D eigenvalue weighted by molar-refractivity contribution is -0.452. The van der Waals surface area contributed by atoms with Gasteiger partial charge in [-0.1, -0.05) is 6.92 Å². The summed E-state index contributed by atoms with van der Waals surface area (Å²) in [5.74, 6) is -46.4. The summed E-state index contributed by atoms with van der Waals surface area (Å²) in [6.07, 6.45) is -10.1. The van der Waals surface area contributed by atoms with Gasteiger partial charge in [-0.15, -0.1) is 0 Å². The van der Waals surface area contributed by atoms with Crippen molar-refractivity contribution in [2.75, 3.05) is 6.54 Å². The van der Waals surface area contributed by atoms with Gasteiger partial charge in [0, 0.05) is 6.42 Å². The van der Waals surface area contributed by atoms with E-state index in [1.165, 1.54) is 6.92 Å². The largest absolute Gasteiger partial charge is 0.460 e. The Kier molecular flexibility index (Phi) is 7.62. The zero-order chi connectivity index (χ0) is 24.8.